The number of halogens is 1. The van der Waals surface area contributed by atoms with Crippen molar-refractivity contribution < 1.29 is 9.47 Å². The number of nitrogens with one attached hydrogen (secondary N) is 1. The van der Waals surface area contributed by atoms with Crippen molar-refractivity contribution in [3.63, 3.8) is 0 Å². The number of aromatic nitrogens is 2. The van der Waals surface area contributed by atoms with Crippen molar-refractivity contribution in [3.05, 3.63) is 16.9 Å². The predicted octanol–water partition coefficient (Wildman–Crippen LogP) is 2.34. The Morgan fingerprint density at radius 1 is 1.21 bits per heavy atom. The highest BCUT2D eigenvalue weighted by molar-refractivity contribution is 9.10. The van der Waals surface area contributed by atoms with Gasteiger partial charge in [0.2, 0.25) is 0 Å². The molecule has 2 aromatic rings. The lowest BCUT2D eigenvalue weighted by atomic mass is 10.2. The third-order valence-corrected chi connectivity index (χ3v) is 2.36. The van der Waals surface area contributed by atoms with Gasteiger partial charge >= 0.3 is 0 Å². The molecule has 1 aromatic heterocycles. The minimum absolute atomic E-state index is 0.662. The fourth-order valence-electron chi connectivity index (χ4n) is 1.35. The van der Waals surface area contributed by atoms with Crippen molar-refractivity contribution in [1.29, 1.82) is 0 Å². The van der Waals surface area contributed by atoms with Crippen LogP contribution in [0, 0.1) is 0 Å². The van der Waals surface area contributed by atoms with Crippen molar-refractivity contribution >= 4 is 27.0 Å². The number of ether oxygens (including phenoxy) is 2. The van der Waals surface area contributed by atoms with Gasteiger partial charge in [-0.1, -0.05) is 0 Å². The maximum Gasteiger partial charge on any atom is 0.175 e. The van der Waals surface area contributed by atoms with Crippen molar-refractivity contribution in [1.82, 2.24) is 9.97 Å². The van der Waals surface area contributed by atoms with E-state index in [0.717, 1.165) is 22.5 Å². The van der Waals surface area contributed by atoms with Crippen LogP contribution in [0.15, 0.2) is 16.9 Å². The van der Waals surface area contributed by atoms with Crippen molar-refractivity contribution in [3.8, 4) is 11.5 Å². The molecule has 0 aliphatic rings. The number of aromatic amines is 1. The topological polar surface area (TPSA) is 47.1 Å². The van der Waals surface area contributed by atoms with Gasteiger partial charge in [0.05, 0.1) is 14.2 Å². The number of rotatable bonds is 2. The van der Waals surface area contributed by atoms with Gasteiger partial charge in [0.1, 0.15) is 22.5 Å². The molecule has 0 amide bonds. The fraction of sp³-hybridized carbons (Fsp3) is 0.222. The molecule has 1 aromatic carbocycles. The first-order valence-electron chi connectivity index (χ1n) is 4.02. The summed E-state index contributed by atoms with van der Waals surface area (Å²) in [5.41, 5.74) is 1.59. The number of imidazole rings is 1. The van der Waals surface area contributed by atoms with Crippen LogP contribution in [0.4, 0.5) is 0 Å². The highest BCUT2D eigenvalue weighted by Gasteiger charge is 2.10. The summed E-state index contributed by atoms with van der Waals surface area (Å²) < 4.78 is 11.0. The first-order valence-corrected chi connectivity index (χ1v) is 4.81. The molecule has 4 nitrogen and oxygen atoms in total. The van der Waals surface area contributed by atoms with E-state index in [4.69, 9.17) is 9.47 Å². The molecule has 2 rings (SSSR count). The first kappa shape index (κ1) is 9.33. The van der Waals surface area contributed by atoms with Gasteiger partial charge in [-0.15, -0.1) is 0 Å². The van der Waals surface area contributed by atoms with E-state index in [1.807, 2.05) is 12.1 Å². The molecule has 0 unspecified atom stereocenters. The van der Waals surface area contributed by atoms with Crippen LogP contribution in [-0.4, -0.2) is 24.2 Å². The number of methoxy groups -OCH3 is 2. The Kier molecular flexibility index (Phi) is 2.33. The van der Waals surface area contributed by atoms with Gasteiger partial charge in [0, 0.05) is 0 Å². The number of nitrogens with zero attached hydrogens (tertiary/aromatic N) is 1. The van der Waals surface area contributed by atoms with Crippen LogP contribution in [0.25, 0.3) is 11.0 Å². The van der Waals surface area contributed by atoms with E-state index in [1.165, 1.54) is 0 Å². The summed E-state index contributed by atoms with van der Waals surface area (Å²) in [4.78, 5) is 7.30. The van der Waals surface area contributed by atoms with E-state index < -0.39 is 0 Å². The smallest absolute Gasteiger partial charge is 0.175 e. The summed E-state index contributed by atoms with van der Waals surface area (Å²) in [6.07, 6.45) is 0. The summed E-state index contributed by atoms with van der Waals surface area (Å²) in [5.74, 6) is 1.47. The standard InChI is InChI=1S/C9H9BrN2O2/c1-13-5-3-4-6(14-2)8-7(5)11-9(10)12-8/h3-4H,1-2H3,(H,11,12). The SMILES string of the molecule is COc1ccc(OC)c2[nH]c(Br)nc12. The summed E-state index contributed by atoms with van der Waals surface area (Å²) in [7, 11) is 3.24. The molecule has 0 radical (unpaired) electrons. The Morgan fingerprint density at radius 3 is 2.50 bits per heavy atom. The number of H-pyrrole nitrogens is 1. The lowest BCUT2D eigenvalue weighted by Gasteiger charge is -2.03. The zero-order valence-electron chi connectivity index (χ0n) is 7.80. The molecule has 0 aliphatic heterocycles. The molecular weight excluding hydrogens is 248 g/mol. The second-order valence-electron chi connectivity index (χ2n) is 2.72. The van der Waals surface area contributed by atoms with E-state index in [1.54, 1.807) is 14.2 Å². The number of benzene rings is 1. The first-order chi connectivity index (χ1) is 6.76. The van der Waals surface area contributed by atoms with E-state index >= 15 is 0 Å². The molecule has 0 atom stereocenters. The summed E-state index contributed by atoms with van der Waals surface area (Å²) in [5, 5.41) is 0. The van der Waals surface area contributed by atoms with Crippen LogP contribution in [0.5, 0.6) is 11.5 Å². The highest BCUT2D eigenvalue weighted by atomic mass is 79.9. The molecule has 5 heteroatoms. The third kappa shape index (κ3) is 1.33. The molecule has 14 heavy (non-hydrogen) atoms. The minimum Gasteiger partial charge on any atom is -0.494 e. The number of fused-ring (bicyclic) bond motifs is 1. The second-order valence-corrected chi connectivity index (χ2v) is 3.47. The maximum absolute atomic E-state index is 5.19. The van der Waals surface area contributed by atoms with E-state index in [-0.39, 0.29) is 0 Å². The second kappa shape index (κ2) is 3.49. The molecule has 0 fully saturated rings. The lowest BCUT2D eigenvalue weighted by molar-refractivity contribution is 0.409. The lowest BCUT2D eigenvalue weighted by Crippen LogP contribution is -1.88. The number of hydrogen-bond donors (Lipinski definition) is 1. The van der Waals surface area contributed by atoms with Crippen LogP contribution in [-0.2, 0) is 0 Å². The zero-order chi connectivity index (χ0) is 10.1. The average Bonchev–Trinajstić information content (AvgIpc) is 2.57. The third-order valence-electron chi connectivity index (χ3n) is 1.98. The Labute approximate surface area is 89.4 Å². The Morgan fingerprint density at radius 2 is 1.86 bits per heavy atom. The maximum atomic E-state index is 5.19. The van der Waals surface area contributed by atoms with Gasteiger partial charge in [-0.05, 0) is 28.1 Å². The minimum atomic E-state index is 0.662. The molecule has 0 saturated heterocycles. The Balaban J connectivity index is 2.77. The highest BCUT2D eigenvalue weighted by Crippen LogP contribution is 2.31. The van der Waals surface area contributed by atoms with E-state index in [9.17, 15) is 0 Å². The molecule has 0 bridgehead atoms. The molecule has 1 heterocycles. The van der Waals surface area contributed by atoms with Crippen LogP contribution in [0.3, 0.4) is 0 Å². The largest absolute Gasteiger partial charge is 0.494 e. The average molecular weight is 257 g/mol. The summed E-state index contributed by atoms with van der Waals surface area (Å²) in [6.45, 7) is 0. The molecule has 0 aliphatic carbocycles. The predicted molar refractivity (Wildman–Crippen MR) is 56.9 cm³/mol. The van der Waals surface area contributed by atoms with Crippen LogP contribution in [0.2, 0.25) is 0 Å². The molecular formula is C9H9BrN2O2. The van der Waals surface area contributed by atoms with Crippen molar-refractivity contribution in [2.45, 2.75) is 0 Å². The van der Waals surface area contributed by atoms with Crippen LogP contribution >= 0.6 is 15.9 Å². The van der Waals surface area contributed by atoms with Gasteiger partial charge in [-0.2, -0.15) is 0 Å². The van der Waals surface area contributed by atoms with Crippen molar-refractivity contribution in [2.24, 2.45) is 0 Å². The quantitative estimate of drug-likeness (QED) is 0.898. The van der Waals surface area contributed by atoms with Gasteiger partial charge in [-0.3, -0.25) is 0 Å². The van der Waals surface area contributed by atoms with Gasteiger partial charge in [0.15, 0.2) is 4.73 Å². The van der Waals surface area contributed by atoms with Gasteiger partial charge in [0.25, 0.3) is 0 Å². The van der Waals surface area contributed by atoms with Gasteiger partial charge < -0.3 is 14.5 Å². The molecule has 74 valence electrons. The fourth-order valence-corrected chi connectivity index (χ4v) is 1.72. The Bertz CT molecular complexity index is 426. The van der Waals surface area contributed by atoms with Crippen molar-refractivity contribution in [2.75, 3.05) is 14.2 Å². The summed E-state index contributed by atoms with van der Waals surface area (Å²) in [6, 6.07) is 3.67. The Hall–Kier alpha value is -1.23. The van der Waals surface area contributed by atoms with Crippen LogP contribution < -0.4 is 9.47 Å². The number of hydrogen-bond acceptors (Lipinski definition) is 3. The van der Waals surface area contributed by atoms with E-state index in [0.29, 0.717) is 4.73 Å². The summed E-state index contributed by atoms with van der Waals surface area (Å²) >= 11 is 3.27. The van der Waals surface area contributed by atoms with Crippen LogP contribution in [0.1, 0.15) is 0 Å². The van der Waals surface area contributed by atoms with Gasteiger partial charge in [-0.25, -0.2) is 4.98 Å². The molecule has 0 spiro atoms. The molecule has 1 N–H and O–H groups in total. The molecule has 0 saturated carbocycles. The normalized spacial score (nSPS) is 10.5. The monoisotopic (exact) mass is 256 g/mol. The zero-order valence-corrected chi connectivity index (χ0v) is 9.38. The van der Waals surface area contributed by atoms with E-state index in [2.05, 4.69) is 25.9 Å².